The van der Waals surface area contributed by atoms with Gasteiger partial charge in [-0.15, -0.1) is 0 Å². The van der Waals surface area contributed by atoms with Crippen molar-refractivity contribution >= 4 is 0 Å². The molecule has 2 aromatic rings. The Labute approximate surface area is 126 Å². The van der Waals surface area contributed by atoms with E-state index in [0.29, 0.717) is 5.92 Å². The maximum atomic E-state index is 10.7. The van der Waals surface area contributed by atoms with Crippen molar-refractivity contribution in [2.75, 3.05) is 0 Å². The fraction of sp³-hybridized carbons (Fsp3) is 0.500. The zero-order chi connectivity index (χ0) is 14.8. The molecule has 0 aromatic carbocycles. The first-order chi connectivity index (χ1) is 10.1. The molecule has 1 unspecified atom stereocenters. The van der Waals surface area contributed by atoms with Crippen LogP contribution in [0.2, 0.25) is 0 Å². The Balaban J connectivity index is 1.85. The summed E-state index contributed by atoms with van der Waals surface area (Å²) in [5, 5.41) is 10.7. The van der Waals surface area contributed by atoms with Crippen molar-refractivity contribution in [3.63, 3.8) is 0 Å². The summed E-state index contributed by atoms with van der Waals surface area (Å²) in [7, 11) is 0. The summed E-state index contributed by atoms with van der Waals surface area (Å²) in [6, 6.07) is 5.97. The van der Waals surface area contributed by atoms with E-state index in [1.807, 2.05) is 38.2 Å². The predicted molar refractivity (Wildman–Crippen MR) is 82.9 cm³/mol. The van der Waals surface area contributed by atoms with Crippen LogP contribution in [-0.4, -0.2) is 10.1 Å². The third-order valence-electron chi connectivity index (χ3n) is 4.57. The van der Waals surface area contributed by atoms with Crippen LogP contribution < -0.4 is 0 Å². The van der Waals surface area contributed by atoms with E-state index in [9.17, 15) is 5.11 Å². The van der Waals surface area contributed by atoms with Crippen LogP contribution in [0.25, 0.3) is 11.3 Å². The average molecular weight is 285 g/mol. The molecule has 3 heteroatoms. The highest BCUT2D eigenvalue weighted by Gasteiger charge is 2.26. The number of aliphatic hydroxyl groups is 1. The quantitative estimate of drug-likeness (QED) is 0.898. The second-order valence-corrected chi connectivity index (χ2v) is 6.15. The molecule has 1 N–H and O–H groups in total. The van der Waals surface area contributed by atoms with Crippen LogP contribution in [0.4, 0.5) is 0 Å². The number of pyridine rings is 1. The van der Waals surface area contributed by atoms with Crippen LogP contribution in [0, 0.1) is 19.8 Å². The lowest BCUT2D eigenvalue weighted by Crippen LogP contribution is -2.16. The lowest BCUT2D eigenvalue weighted by molar-refractivity contribution is 0.0835. The largest absolute Gasteiger partial charge is 0.461 e. The Morgan fingerprint density at radius 1 is 1.19 bits per heavy atom. The molecular formula is C18H23NO2. The predicted octanol–water partition coefficient (Wildman–Crippen LogP) is 4.57. The van der Waals surface area contributed by atoms with Gasteiger partial charge in [0.1, 0.15) is 11.5 Å². The fourth-order valence-electron chi connectivity index (χ4n) is 3.25. The van der Waals surface area contributed by atoms with E-state index in [1.165, 1.54) is 19.3 Å². The molecule has 0 spiro atoms. The Morgan fingerprint density at radius 3 is 2.62 bits per heavy atom. The smallest absolute Gasteiger partial charge is 0.136 e. The van der Waals surface area contributed by atoms with Gasteiger partial charge >= 0.3 is 0 Å². The van der Waals surface area contributed by atoms with Crippen molar-refractivity contribution in [2.45, 2.75) is 52.1 Å². The molecule has 1 aliphatic rings. The van der Waals surface area contributed by atoms with Crippen LogP contribution in [-0.2, 0) is 0 Å². The van der Waals surface area contributed by atoms with Gasteiger partial charge < -0.3 is 9.52 Å². The molecule has 1 saturated carbocycles. The molecule has 2 heterocycles. The Bertz CT molecular complexity index is 594. The van der Waals surface area contributed by atoms with Gasteiger partial charge in [-0.3, -0.25) is 4.98 Å². The number of aliphatic hydroxyl groups excluding tert-OH is 1. The number of hydrogen-bond acceptors (Lipinski definition) is 3. The highest BCUT2D eigenvalue weighted by Crippen LogP contribution is 2.38. The van der Waals surface area contributed by atoms with Crippen LogP contribution in [0.15, 0.2) is 28.8 Å². The number of rotatable bonds is 3. The molecule has 3 rings (SSSR count). The summed E-state index contributed by atoms with van der Waals surface area (Å²) >= 11 is 0. The van der Waals surface area contributed by atoms with E-state index in [-0.39, 0.29) is 0 Å². The minimum absolute atomic E-state index is 0.374. The van der Waals surface area contributed by atoms with Gasteiger partial charge in [-0.2, -0.15) is 0 Å². The first-order valence-corrected chi connectivity index (χ1v) is 7.86. The number of aryl methyl sites for hydroxylation is 2. The molecule has 112 valence electrons. The number of hydrogen-bond donors (Lipinski definition) is 1. The van der Waals surface area contributed by atoms with Crippen LogP contribution in [0.1, 0.15) is 55.2 Å². The summed E-state index contributed by atoms with van der Waals surface area (Å²) in [6.07, 6.45) is 7.42. The number of aromatic nitrogens is 1. The molecule has 0 aliphatic heterocycles. The fourth-order valence-corrected chi connectivity index (χ4v) is 3.25. The molecule has 1 aliphatic carbocycles. The topological polar surface area (TPSA) is 46.3 Å². The van der Waals surface area contributed by atoms with E-state index < -0.39 is 6.10 Å². The van der Waals surface area contributed by atoms with Crippen LogP contribution in [0.3, 0.4) is 0 Å². The third kappa shape index (κ3) is 3.03. The van der Waals surface area contributed by atoms with Crippen molar-refractivity contribution in [1.29, 1.82) is 0 Å². The molecule has 0 amide bonds. The highest BCUT2D eigenvalue weighted by atomic mass is 16.3. The third-order valence-corrected chi connectivity index (χ3v) is 4.57. The van der Waals surface area contributed by atoms with Gasteiger partial charge in [-0.25, -0.2) is 0 Å². The minimum atomic E-state index is -0.402. The molecular weight excluding hydrogens is 262 g/mol. The standard InChI is InChI=1S/C18H23NO2/c1-12-8-9-15(11-19-12)17-10-16(13(2)21-17)18(20)14-6-4-3-5-7-14/h8-11,14,18,20H,3-7H2,1-2H3. The molecule has 1 fully saturated rings. The monoisotopic (exact) mass is 285 g/mol. The summed E-state index contributed by atoms with van der Waals surface area (Å²) < 4.78 is 5.85. The summed E-state index contributed by atoms with van der Waals surface area (Å²) in [5.74, 6) is 1.99. The van der Waals surface area contributed by atoms with E-state index >= 15 is 0 Å². The molecule has 1 atom stereocenters. The van der Waals surface area contributed by atoms with Crippen LogP contribution >= 0.6 is 0 Å². The maximum Gasteiger partial charge on any atom is 0.136 e. The maximum absolute atomic E-state index is 10.7. The molecule has 0 saturated heterocycles. The zero-order valence-electron chi connectivity index (χ0n) is 12.8. The molecule has 0 bridgehead atoms. The Morgan fingerprint density at radius 2 is 1.95 bits per heavy atom. The van der Waals surface area contributed by atoms with Gasteiger partial charge in [0.15, 0.2) is 0 Å². The van der Waals surface area contributed by atoms with Gasteiger partial charge in [-0.1, -0.05) is 19.3 Å². The molecule has 2 aromatic heterocycles. The number of furan rings is 1. The van der Waals surface area contributed by atoms with Crippen molar-refractivity contribution in [3.8, 4) is 11.3 Å². The van der Waals surface area contributed by atoms with Gasteiger partial charge in [0.25, 0.3) is 0 Å². The van der Waals surface area contributed by atoms with E-state index in [1.54, 1.807) is 0 Å². The van der Waals surface area contributed by atoms with Crippen molar-refractivity contribution in [3.05, 3.63) is 41.4 Å². The van der Waals surface area contributed by atoms with Gasteiger partial charge in [0.05, 0.1) is 6.10 Å². The van der Waals surface area contributed by atoms with E-state index in [2.05, 4.69) is 4.98 Å². The lowest BCUT2D eigenvalue weighted by atomic mass is 9.83. The second kappa shape index (κ2) is 6.02. The summed E-state index contributed by atoms with van der Waals surface area (Å²) in [5.41, 5.74) is 2.90. The minimum Gasteiger partial charge on any atom is -0.461 e. The first kappa shape index (κ1) is 14.3. The number of nitrogens with zero attached hydrogens (tertiary/aromatic N) is 1. The molecule has 0 radical (unpaired) electrons. The Hall–Kier alpha value is -1.61. The second-order valence-electron chi connectivity index (χ2n) is 6.15. The van der Waals surface area contributed by atoms with Gasteiger partial charge in [-0.05, 0) is 50.8 Å². The van der Waals surface area contributed by atoms with Crippen molar-refractivity contribution in [1.82, 2.24) is 4.98 Å². The van der Waals surface area contributed by atoms with E-state index in [0.717, 1.165) is 41.2 Å². The van der Waals surface area contributed by atoms with E-state index in [4.69, 9.17) is 4.42 Å². The van der Waals surface area contributed by atoms with Crippen LogP contribution in [0.5, 0.6) is 0 Å². The normalized spacial score (nSPS) is 17.9. The SMILES string of the molecule is Cc1ccc(-c2cc(C(O)C3CCCCC3)c(C)o2)cn1. The first-order valence-electron chi connectivity index (χ1n) is 7.86. The van der Waals surface area contributed by atoms with Gasteiger partial charge in [0, 0.05) is 23.0 Å². The summed E-state index contributed by atoms with van der Waals surface area (Å²) in [6.45, 7) is 3.90. The van der Waals surface area contributed by atoms with Crippen molar-refractivity contribution in [2.24, 2.45) is 5.92 Å². The van der Waals surface area contributed by atoms with Crippen molar-refractivity contribution < 1.29 is 9.52 Å². The lowest BCUT2D eigenvalue weighted by Gasteiger charge is -2.26. The molecule has 21 heavy (non-hydrogen) atoms. The summed E-state index contributed by atoms with van der Waals surface area (Å²) in [4.78, 5) is 4.31. The molecule has 3 nitrogen and oxygen atoms in total. The highest BCUT2D eigenvalue weighted by molar-refractivity contribution is 5.58. The Kier molecular flexibility index (Phi) is 4.11. The zero-order valence-corrected chi connectivity index (χ0v) is 12.8. The van der Waals surface area contributed by atoms with Gasteiger partial charge in [0.2, 0.25) is 0 Å². The average Bonchev–Trinajstić information content (AvgIpc) is 2.90.